The average molecular weight is 188 g/mol. The Kier molecular flexibility index (Phi) is 2.19. The van der Waals surface area contributed by atoms with Crippen LogP contribution in [-0.2, 0) is 0 Å². The van der Waals surface area contributed by atoms with Crippen LogP contribution in [0.25, 0.3) is 11.1 Å². The van der Waals surface area contributed by atoms with E-state index in [1.807, 2.05) is 0 Å². The van der Waals surface area contributed by atoms with Gasteiger partial charge in [0.1, 0.15) is 11.6 Å². The molecule has 0 aromatic heterocycles. The minimum absolute atomic E-state index is 0.0950. The van der Waals surface area contributed by atoms with Crippen LogP contribution in [0, 0.1) is 5.82 Å². The van der Waals surface area contributed by atoms with Crippen molar-refractivity contribution in [2.45, 2.75) is 0 Å². The van der Waals surface area contributed by atoms with Gasteiger partial charge in [0.15, 0.2) is 0 Å². The van der Waals surface area contributed by atoms with Crippen molar-refractivity contribution in [3.63, 3.8) is 0 Å². The molecule has 0 aliphatic rings. The Balaban J connectivity index is 2.61. The Morgan fingerprint density at radius 2 is 1.36 bits per heavy atom. The van der Waals surface area contributed by atoms with Crippen LogP contribution >= 0.6 is 0 Å². The Labute approximate surface area is 81.4 Å². The van der Waals surface area contributed by atoms with E-state index in [-0.39, 0.29) is 11.6 Å². The van der Waals surface area contributed by atoms with Crippen molar-refractivity contribution in [1.82, 2.24) is 0 Å². The summed E-state index contributed by atoms with van der Waals surface area (Å²) in [6, 6.07) is 13.1. The molecular formula is C12H9FO. The second-order valence-electron chi connectivity index (χ2n) is 3.00. The van der Waals surface area contributed by atoms with E-state index in [0.717, 1.165) is 0 Å². The highest BCUT2D eigenvalue weighted by molar-refractivity contribution is 5.70. The highest BCUT2D eigenvalue weighted by atomic mass is 19.1. The largest absolute Gasteiger partial charge is 0.507 e. The van der Waals surface area contributed by atoms with Gasteiger partial charge >= 0.3 is 0 Å². The molecule has 0 saturated heterocycles. The van der Waals surface area contributed by atoms with Crippen LogP contribution in [0.15, 0.2) is 48.5 Å². The standard InChI is InChI=1S/C12H9FO/c13-11-7-3-1-5-9(11)10-6-2-4-8-12(10)14/h1-8,14H. The Morgan fingerprint density at radius 3 is 2.00 bits per heavy atom. The summed E-state index contributed by atoms with van der Waals surface area (Å²) >= 11 is 0. The molecule has 1 nitrogen and oxygen atoms in total. The first-order chi connectivity index (χ1) is 6.79. The fraction of sp³-hybridized carbons (Fsp3) is 0. The summed E-state index contributed by atoms with van der Waals surface area (Å²) in [6.45, 7) is 0. The van der Waals surface area contributed by atoms with Crippen molar-refractivity contribution in [2.75, 3.05) is 0 Å². The molecule has 0 spiro atoms. The normalized spacial score (nSPS) is 10.1. The number of rotatable bonds is 1. The van der Waals surface area contributed by atoms with Gasteiger partial charge in [0.25, 0.3) is 0 Å². The zero-order valence-corrected chi connectivity index (χ0v) is 7.44. The van der Waals surface area contributed by atoms with Gasteiger partial charge in [0.2, 0.25) is 0 Å². The number of hydrogen-bond acceptors (Lipinski definition) is 1. The minimum Gasteiger partial charge on any atom is -0.507 e. The molecule has 14 heavy (non-hydrogen) atoms. The molecule has 0 amide bonds. The van der Waals surface area contributed by atoms with Crippen molar-refractivity contribution in [3.8, 4) is 16.9 Å². The van der Waals surface area contributed by atoms with Crippen LogP contribution in [0.3, 0.4) is 0 Å². The zero-order valence-electron chi connectivity index (χ0n) is 7.44. The smallest absolute Gasteiger partial charge is 0.131 e. The summed E-state index contributed by atoms with van der Waals surface area (Å²) < 4.78 is 13.3. The van der Waals surface area contributed by atoms with Gasteiger partial charge in [-0.2, -0.15) is 0 Å². The van der Waals surface area contributed by atoms with E-state index in [0.29, 0.717) is 11.1 Å². The number of benzene rings is 2. The summed E-state index contributed by atoms with van der Waals surface area (Å²) in [4.78, 5) is 0. The molecule has 2 aromatic rings. The lowest BCUT2D eigenvalue weighted by Gasteiger charge is -2.04. The lowest BCUT2D eigenvalue weighted by molar-refractivity contribution is 0.476. The zero-order chi connectivity index (χ0) is 9.97. The molecule has 0 heterocycles. The van der Waals surface area contributed by atoms with Gasteiger partial charge in [-0.25, -0.2) is 4.39 Å². The number of phenolic OH excluding ortho intramolecular Hbond substituents is 1. The Bertz CT molecular complexity index is 408. The quantitative estimate of drug-likeness (QED) is 0.728. The first-order valence-electron chi connectivity index (χ1n) is 4.32. The maximum atomic E-state index is 13.3. The maximum absolute atomic E-state index is 13.3. The highest BCUT2D eigenvalue weighted by Crippen LogP contribution is 2.29. The number of halogens is 1. The van der Waals surface area contributed by atoms with Crippen molar-refractivity contribution in [2.24, 2.45) is 0 Å². The van der Waals surface area contributed by atoms with E-state index in [2.05, 4.69) is 0 Å². The fourth-order valence-electron chi connectivity index (χ4n) is 1.38. The topological polar surface area (TPSA) is 20.2 Å². The van der Waals surface area contributed by atoms with Gasteiger partial charge in [-0.3, -0.25) is 0 Å². The average Bonchev–Trinajstić information content (AvgIpc) is 2.20. The van der Waals surface area contributed by atoms with Crippen molar-refractivity contribution in [1.29, 1.82) is 0 Å². The van der Waals surface area contributed by atoms with Gasteiger partial charge in [-0.15, -0.1) is 0 Å². The molecule has 0 aliphatic heterocycles. The Morgan fingerprint density at radius 1 is 0.786 bits per heavy atom. The molecule has 2 aromatic carbocycles. The predicted molar refractivity (Wildman–Crippen MR) is 53.5 cm³/mol. The first kappa shape index (κ1) is 8.75. The van der Waals surface area contributed by atoms with Gasteiger partial charge in [0, 0.05) is 11.1 Å². The molecular weight excluding hydrogens is 179 g/mol. The van der Waals surface area contributed by atoms with Crippen LogP contribution in [0.1, 0.15) is 0 Å². The maximum Gasteiger partial charge on any atom is 0.131 e. The van der Waals surface area contributed by atoms with Crippen LogP contribution in [0.4, 0.5) is 4.39 Å². The third-order valence-corrected chi connectivity index (χ3v) is 2.07. The molecule has 0 unspecified atom stereocenters. The van der Waals surface area contributed by atoms with Crippen LogP contribution < -0.4 is 0 Å². The molecule has 1 N–H and O–H groups in total. The van der Waals surface area contributed by atoms with E-state index in [4.69, 9.17) is 0 Å². The molecule has 0 radical (unpaired) electrons. The number of hydrogen-bond donors (Lipinski definition) is 1. The summed E-state index contributed by atoms with van der Waals surface area (Å²) in [7, 11) is 0. The third kappa shape index (κ3) is 1.46. The van der Waals surface area contributed by atoms with Gasteiger partial charge in [0.05, 0.1) is 0 Å². The van der Waals surface area contributed by atoms with E-state index >= 15 is 0 Å². The minimum atomic E-state index is -0.325. The van der Waals surface area contributed by atoms with E-state index < -0.39 is 0 Å². The van der Waals surface area contributed by atoms with Crippen LogP contribution in [-0.4, -0.2) is 5.11 Å². The SMILES string of the molecule is Oc1ccccc1-c1ccccc1F. The molecule has 0 fully saturated rings. The van der Waals surface area contributed by atoms with Crippen LogP contribution in [0.2, 0.25) is 0 Å². The predicted octanol–water partition coefficient (Wildman–Crippen LogP) is 3.20. The molecule has 0 atom stereocenters. The van der Waals surface area contributed by atoms with E-state index in [9.17, 15) is 9.50 Å². The number of phenols is 1. The van der Waals surface area contributed by atoms with E-state index in [1.165, 1.54) is 6.07 Å². The molecule has 0 saturated carbocycles. The Hall–Kier alpha value is -1.83. The summed E-state index contributed by atoms with van der Waals surface area (Å²) in [5, 5.41) is 9.52. The van der Waals surface area contributed by atoms with Gasteiger partial charge in [-0.1, -0.05) is 36.4 Å². The monoisotopic (exact) mass is 188 g/mol. The lowest BCUT2D eigenvalue weighted by Crippen LogP contribution is -1.83. The van der Waals surface area contributed by atoms with Crippen molar-refractivity contribution in [3.05, 3.63) is 54.3 Å². The highest BCUT2D eigenvalue weighted by Gasteiger charge is 2.06. The van der Waals surface area contributed by atoms with Gasteiger partial charge < -0.3 is 5.11 Å². The molecule has 0 bridgehead atoms. The molecule has 0 aliphatic carbocycles. The summed E-state index contributed by atoms with van der Waals surface area (Å²) in [5.41, 5.74) is 0.941. The lowest BCUT2D eigenvalue weighted by atomic mass is 10.0. The van der Waals surface area contributed by atoms with Gasteiger partial charge in [-0.05, 0) is 12.1 Å². The fourth-order valence-corrected chi connectivity index (χ4v) is 1.38. The number of aromatic hydroxyl groups is 1. The summed E-state index contributed by atoms with van der Waals surface area (Å²) in [6.07, 6.45) is 0. The third-order valence-electron chi connectivity index (χ3n) is 2.07. The second kappa shape index (κ2) is 3.50. The number of para-hydroxylation sites is 1. The van der Waals surface area contributed by atoms with Crippen molar-refractivity contribution < 1.29 is 9.50 Å². The molecule has 70 valence electrons. The van der Waals surface area contributed by atoms with Crippen molar-refractivity contribution >= 4 is 0 Å². The summed E-state index contributed by atoms with van der Waals surface area (Å²) in [5.74, 6) is -0.230. The molecule has 2 heteroatoms. The molecule has 2 rings (SSSR count). The second-order valence-corrected chi connectivity index (χ2v) is 3.00. The first-order valence-corrected chi connectivity index (χ1v) is 4.32. The van der Waals surface area contributed by atoms with Crippen LogP contribution in [0.5, 0.6) is 5.75 Å². The van der Waals surface area contributed by atoms with E-state index in [1.54, 1.807) is 42.5 Å².